The molecule has 2 fully saturated rings. The second kappa shape index (κ2) is 23.2. The molecule has 21 heteroatoms. The Morgan fingerprint density at radius 2 is 1.53 bits per heavy atom. The molecule has 7 amide bonds. The van der Waals surface area contributed by atoms with Gasteiger partial charge >= 0.3 is 18.0 Å². The first-order chi connectivity index (χ1) is 26.1. The monoisotopic (exact) mass is 807 g/mol. The number of rotatable bonds is 17. The number of carbonyl (C=O) groups is 6. The van der Waals surface area contributed by atoms with Crippen LogP contribution in [0, 0.1) is 13.8 Å². The molecule has 5 unspecified atom stereocenters. The molecule has 55 heavy (non-hydrogen) atoms. The van der Waals surface area contributed by atoms with Gasteiger partial charge in [-0.2, -0.15) is 0 Å². The predicted octanol–water partition coefficient (Wildman–Crippen LogP) is 1.27. The van der Waals surface area contributed by atoms with E-state index in [2.05, 4.69) is 53.4 Å². The van der Waals surface area contributed by atoms with E-state index >= 15 is 0 Å². The quantitative estimate of drug-likeness (QED) is 0.112. The maximum Gasteiger partial charge on any atom is 0.335 e. The summed E-state index contributed by atoms with van der Waals surface area (Å²) in [4.78, 5) is 68.8. The van der Waals surface area contributed by atoms with Crippen LogP contribution < -0.4 is 36.6 Å². The van der Waals surface area contributed by atoms with Gasteiger partial charge in [0, 0.05) is 36.6 Å². The van der Waals surface area contributed by atoms with E-state index in [1.807, 2.05) is 39.0 Å². The minimum absolute atomic E-state index is 0.121. The Bertz CT molecular complexity index is 1740. The molecule has 5 atom stereocenters. The highest BCUT2D eigenvalue weighted by Gasteiger charge is 2.43. The first-order valence-corrected chi connectivity index (χ1v) is 18.7. The molecule has 2 aliphatic rings. The largest absolute Gasteiger partial charge is 0.480 e. The van der Waals surface area contributed by atoms with E-state index in [0.717, 1.165) is 21.9 Å². The smallest absolute Gasteiger partial charge is 0.335 e. The van der Waals surface area contributed by atoms with E-state index < -0.39 is 46.0 Å². The summed E-state index contributed by atoms with van der Waals surface area (Å²) >= 11 is -3.38. The van der Waals surface area contributed by atoms with Crippen LogP contribution in [-0.2, 0) is 44.9 Å². The molecule has 2 aliphatic heterocycles. The van der Waals surface area contributed by atoms with E-state index in [1.54, 1.807) is 19.2 Å². The van der Waals surface area contributed by atoms with Crippen molar-refractivity contribution in [2.45, 2.75) is 45.6 Å². The summed E-state index contributed by atoms with van der Waals surface area (Å²) in [5, 5.41) is 26.4. The minimum Gasteiger partial charge on any atom is -0.480 e. The normalized spacial score (nSPS) is 16.7. The first-order valence-electron chi connectivity index (χ1n) is 16.4. The van der Waals surface area contributed by atoms with Crippen molar-refractivity contribution in [3.63, 3.8) is 0 Å². The zero-order valence-electron chi connectivity index (χ0n) is 30.6. The highest BCUT2D eigenvalue weighted by Crippen LogP contribution is 2.22. The van der Waals surface area contributed by atoms with Gasteiger partial charge < -0.3 is 46.6 Å². The van der Waals surface area contributed by atoms with E-state index in [0.29, 0.717) is 17.9 Å². The van der Waals surface area contributed by atoms with Crippen molar-refractivity contribution in [3.8, 4) is 5.75 Å². The fourth-order valence-electron chi connectivity index (χ4n) is 4.46. The standard InChI is InChI=1S/C19H21NO4.C10H16N2O6S2.C5H8N4O2/c1-4-16(24-17-9-8-12(2)10-13(17)3)18(21)20-15-7-5-6-14(11-15)19(22)23;1-3-19(15)17-7-9(13)11-5-6-12-10(14)8-18-20(16)4-2;1-9-3-2(7-5(9)11)6-4(10)8-3/h5-11,16H,4H2,1-3H3,(H,20,21)(H,22,23);3-4H,1-2,5-8H2,(H,11,13)(H,12,14);2-3H,1H3,(H,7,11)(H2,6,8,10). The van der Waals surface area contributed by atoms with Crippen LogP contribution in [0.5, 0.6) is 5.75 Å². The zero-order chi connectivity index (χ0) is 41.1. The van der Waals surface area contributed by atoms with Gasteiger partial charge in [-0.25, -0.2) is 22.8 Å². The lowest BCUT2D eigenvalue weighted by Gasteiger charge is -2.19. The number of amides is 7. The number of hydrogen-bond acceptors (Lipinski definition) is 11. The van der Waals surface area contributed by atoms with Gasteiger partial charge in [-0.05, 0) is 50.1 Å². The highest BCUT2D eigenvalue weighted by atomic mass is 32.2. The SMILES string of the molecule is C=CS(=O)OCC(=O)NCCNC(=O)COS(=O)C=C.CCC(Oc1ccc(C)cc1C)C(=O)Nc1cccc(C(=O)O)c1.CN1C(=O)NC2NC(=O)NC21. The van der Waals surface area contributed by atoms with Crippen molar-refractivity contribution < 1.29 is 55.4 Å². The van der Waals surface area contributed by atoms with Crippen molar-refractivity contribution in [1.82, 2.24) is 31.5 Å². The number of fused-ring (bicyclic) bond motifs is 1. The number of hydrogen-bond donors (Lipinski definition) is 7. The molecule has 2 saturated heterocycles. The topological polar surface area (TPSA) is 260 Å². The molecule has 0 spiro atoms. The van der Waals surface area contributed by atoms with Gasteiger partial charge in [0.1, 0.15) is 31.3 Å². The van der Waals surface area contributed by atoms with Crippen LogP contribution in [-0.4, -0.2) is 106 Å². The maximum absolute atomic E-state index is 12.4. The number of urea groups is 2. The molecular formula is C34H45N7O12S2. The maximum atomic E-state index is 12.4. The number of carbonyl (C=O) groups excluding carboxylic acids is 5. The van der Waals surface area contributed by atoms with Gasteiger partial charge in [0.25, 0.3) is 5.91 Å². The third kappa shape index (κ3) is 16.1. The van der Waals surface area contributed by atoms with Gasteiger partial charge in [-0.3, -0.25) is 22.7 Å². The van der Waals surface area contributed by atoms with Crippen LogP contribution in [0.1, 0.15) is 34.8 Å². The summed E-state index contributed by atoms with van der Waals surface area (Å²) in [7, 11) is 1.63. The molecule has 2 aromatic carbocycles. The molecule has 4 rings (SSSR count). The molecule has 0 bridgehead atoms. The second-order valence-corrected chi connectivity index (χ2v) is 13.5. The molecule has 0 radical (unpaired) electrons. The summed E-state index contributed by atoms with van der Waals surface area (Å²) in [6.07, 6.45) is -0.674. The molecule has 300 valence electrons. The van der Waals surface area contributed by atoms with Gasteiger partial charge in [0.15, 0.2) is 28.3 Å². The summed E-state index contributed by atoms with van der Waals surface area (Å²) in [6, 6.07) is 11.5. The Labute approximate surface area is 322 Å². The van der Waals surface area contributed by atoms with Crippen LogP contribution in [0.3, 0.4) is 0 Å². The van der Waals surface area contributed by atoms with Crippen LogP contribution in [0.2, 0.25) is 0 Å². The number of anilines is 1. The number of likely N-dealkylation sites (N-methyl/N-ethyl adjacent to an activating group) is 1. The van der Waals surface area contributed by atoms with Crippen LogP contribution >= 0.6 is 0 Å². The Morgan fingerprint density at radius 1 is 0.927 bits per heavy atom. The Hall–Kier alpha value is -5.64. The molecule has 19 nitrogen and oxygen atoms in total. The molecule has 0 aromatic heterocycles. The first kappa shape index (κ1) is 45.5. The van der Waals surface area contributed by atoms with Crippen molar-refractivity contribution in [1.29, 1.82) is 0 Å². The average molecular weight is 808 g/mol. The number of carboxylic acid groups (broad SMARTS) is 1. The molecular weight excluding hydrogens is 763 g/mol. The lowest BCUT2D eigenvalue weighted by atomic mass is 10.1. The van der Waals surface area contributed by atoms with Crippen LogP contribution in [0.15, 0.2) is 66.4 Å². The molecule has 0 aliphatic carbocycles. The van der Waals surface area contributed by atoms with Crippen molar-refractivity contribution in [3.05, 3.63) is 83.1 Å². The van der Waals surface area contributed by atoms with Gasteiger partial charge in [-0.15, -0.1) is 0 Å². The molecule has 2 heterocycles. The van der Waals surface area contributed by atoms with Gasteiger partial charge in [0.2, 0.25) is 11.8 Å². The number of ether oxygens (including phenoxy) is 1. The van der Waals surface area contributed by atoms with Crippen LogP contribution in [0.25, 0.3) is 0 Å². The summed E-state index contributed by atoms with van der Waals surface area (Å²) in [5.74, 6) is -1.62. The van der Waals surface area contributed by atoms with Crippen molar-refractivity contribution in [2.75, 3.05) is 38.7 Å². The van der Waals surface area contributed by atoms with E-state index in [4.69, 9.17) is 9.84 Å². The third-order valence-corrected chi connectivity index (χ3v) is 8.44. The number of nitrogens with one attached hydrogen (secondary N) is 6. The van der Waals surface area contributed by atoms with Gasteiger partial charge in [-0.1, -0.05) is 43.8 Å². The Morgan fingerprint density at radius 3 is 2.04 bits per heavy atom. The van der Waals surface area contributed by atoms with E-state index in [9.17, 15) is 37.2 Å². The number of aryl methyl sites for hydroxylation is 2. The zero-order valence-corrected chi connectivity index (χ0v) is 32.2. The fraction of sp³-hybridized carbons (Fsp3) is 0.353. The number of aromatic carboxylic acids is 1. The second-order valence-electron chi connectivity index (χ2n) is 11.3. The molecule has 0 saturated carbocycles. The number of nitrogens with zero attached hydrogens (tertiary/aromatic N) is 1. The molecule has 7 N–H and O–H groups in total. The van der Waals surface area contributed by atoms with Crippen molar-refractivity contribution in [2.24, 2.45) is 0 Å². The Balaban J connectivity index is 0.000000303. The summed E-state index contributed by atoms with van der Waals surface area (Å²) < 4.78 is 36.6. The lowest BCUT2D eigenvalue weighted by molar-refractivity contribution is -0.124. The summed E-state index contributed by atoms with van der Waals surface area (Å²) in [6.45, 7) is 11.8. The third-order valence-electron chi connectivity index (χ3n) is 7.19. The number of benzene rings is 2. The summed E-state index contributed by atoms with van der Waals surface area (Å²) in [5.41, 5.74) is 2.65. The Kier molecular flexibility index (Phi) is 19.2. The van der Waals surface area contributed by atoms with Gasteiger partial charge in [0.05, 0.1) is 5.56 Å². The predicted molar refractivity (Wildman–Crippen MR) is 203 cm³/mol. The highest BCUT2D eigenvalue weighted by molar-refractivity contribution is 7.83. The van der Waals surface area contributed by atoms with E-state index in [1.165, 1.54) is 17.0 Å². The fourth-order valence-corrected chi connectivity index (χ4v) is 5.10. The lowest BCUT2D eigenvalue weighted by Crippen LogP contribution is -2.40. The minimum atomic E-state index is -1.69. The average Bonchev–Trinajstić information content (AvgIpc) is 3.65. The molecule has 2 aromatic rings. The van der Waals surface area contributed by atoms with E-state index in [-0.39, 0.29) is 62.2 Å². The van der Waals surface area contributed by atoms with Crippen LogP contribution in [0.4, 0.5) is 15.3 Å². The number of carboxylic acids is 1. The van der Waals surface area contributed by atoms with Crippen molar-refractivity contribution >= 4 is 63.6 Å².